The van der Waals surface area contributed by atoms with E-state index in [0.717, 1.165) is 60.9 Å². The minimum absolute atomic E-state index is 0.343. The van der Waals surface area contributed by atoms with Crippen molar-refractivity contribution in [2.75, 3.05) is 17.2 Å². The highest BCUT2D eigenvalue weighted by molar-refractivity contribution is 5.62. The highest BCUT2D eigenvalue weighted by Gasteiger charge is 2.20. The van der Waals surface area contributed by atoms with E-state index in [1.165, 1.54) is 19.3 Å². The Balaban J connectivity index is 1.30. The molecule has 0 aromatic carbocycles. The summed E-state index contributed by atoms with van der Waals surface area (Å²) in [6.45, 7) is 0.933. The molecule has 0 radical (unpaired) electrons. The van der Waals surface area contributed by atoms with Gasteiger partial charge in [-0.3, -0.25) is 0 Å². The number of hydrogen-bond acceptors (Lipinski definition) is 7. The van der Waals surface area contributed by atoms with Crippen molar-refractivity contribution in [1.82, 2.24) is 24.6 Å². The number of nitrogens with one attached hydrogen (secondary N) is 2. The molecule has 0 spiro atoms. The molecule has 0 saturated heterocycles. The summed E-state index contributed by atoms with van der Waals surface area (Å²) < 4.78 is 1.86. The first-order valence-corrected chi connectivity index (χ1v) is 10.7. The summed E-state index contributed by atoms with van der Waals surface area (Å²) >= 11 is 0. The van der Waals surface area contributed by atoms with Crippen molar-refractivity contribution in [3.63, 3.8) is 0 Å². The predicted octanol–water partition coefficient (Wildman–Crippen LogP) is 3.08. The summed E-state index contributed by atoms with van der Waals surface area (Å²) in [6, 6.07) is 4.75. The first-order valence-electron chi connectivity index (χ1n) is 10.7. The molecular formula is C21H28N8. The molecule has 0 amide bonds. The number of fused-ring (bicyclic) bond motifs is 1. The molecule has 152 valence electrons. The maximum atomic E-state index is 6.02. The smallest absolute Gasteiger partial charge is 0.222 e. The third kappa shape index (κ3) is 4.32. The van der Waals surface area contributed by atoms with Crippen LogP contribution in [0.4, 0.5) is 11.8 Å². The lowest BCUT2D eigenvalue weighted by atomic mass is 9.92. The van der Waals surface area contributed by atoms with Crippen LogP contribution in [0.15, 0.2) is 30.7 Å². The minimum Gasteiger partial charge on any atom is -0.366 e. The van der Waals surface area contributed by atoms with Gasteiger partial charge in [-0.25, -0.2) is 19.5 Å². The second kappa shape index (κ2) is 7.94. The van der Waals surface area contributed by atoms with Gasteiger partial charge in [0.1, 0.15) is 5.82 Å². The van der Waals surface area contributed by atoms with Gasteiger partial charge in [-0.15, -0.1) is 5.10 Å². The van der Waals surface area contributed by atoms with Crippen molar-refractivity contribution in [3.05, 3.63) is 30.7 Å². The molecule has 8 heteroatoms. The predicted molar refractivity (Wildman–Crippen MR) is 114 cm³/mol. The first kappa shape index (κ1) is 18.3. The van der Waals surface area contributed by atoms with Gasteiger partial charge in [0.15, 0.2) is 5.65 Å². The van der Waals surface area contributed by atoms with Gasteiger partial charge in [0, 0.05) is 36.6 Å². The van der Waals surface area contributed by atoms with E-state index in [1.807, 2.05) is 35.2 Å². The molecule has 0 aliphatic heterocycles. The van der Waals surface area contributed by atoms with Crippen molar-refractivity contribution in [2.45, 2.75) is 57.0 Å². The Labute approximate surface area is 170 Å². The summed E-state index contributed by atoms with van der Waals surface area (Å²) in [4.78, 5) is 13.4. The van der Waals surface area contributed by atoms with E-state index in [2.05, 4.69) is 25.6 Å². The standard InChI is InChI=1S/C21H28N8/c22-16-3-5-17(6-4-16)27-19-7-8-20-24-13-18(29(20)28-19)15-11-25-21(26-12-15)23-10-9-14-1-2-14/h7-8,11-14,16-17H,1-6,9-10,22H2,(H,27,28)(H,23,25,26). The third-order valence-electron chi connectivity index (χ3n) is 5.97. The van der Waals surface area contributed by atoms with Crippen LogP contribution in [0.25, 0.3) is 16.9 Å². The summed E-state index contributed by atoms with van der Waals surface area (Å²) in [7, 11) is 0. The summed E-state index contributed by atoms with van der Waals surface area (Å²) in [5.74, 6) is 2.43. The molecule has 2 fully saturated rings. The summed E-state index contributed by atoms with van der Waals surface area (Å²) in [6.07, 6.45) is 13.7. The van der Waals surface area contributed by atoms with E-state index < -0.39 is 0 Å². The highest BCUT2D eigenvalue weighted by Crippen LogP contribution is 2.32. The second-order valence-electron chi connectivity index (χ2n) is 8.34. The number of imidazole rings is 1. The average Bonchev–Trinajstić information content (AvgIpc) is 3.47. The van der Waals surface area contributed by atoms with Crippen LogP contribution in [0.5, 0.6) is 0 Å². The summed E-state index contributed by atoms with van der Waals surface area (Å²) in [5.41, 5.74) is 8.61. The van der Waals surface area contributed by atoms with Crippen molar-refractivity contribution in [2.24, 2.45) is 11.7 Å². The van der Waals surface area contributed by atoms with Crippen molar-refractivity contribution in [3.8, 4) is 11.3 Å². The van der Waals surface area contributed by atoms with E-state index in [1.54, 1.807) is 0 Å². The monoisotopic (exact) mass is 392 g/mol. The van der Waals surface area contributed by atoms with E-state index in [9.17, 15) is 0 Å². The number of rotatable bonds is 7. The molecule has 2 aliphatic carbocycles. The summed E-state index contributed by atoms with van der Waals surface area (Å²) in [5, 5.41) is 11.6. The molecule has 8 nitrogen and oxygen atoms in total. The van der Waals surface area contributed by atoms with E-state index in [-0.39, 0.29) is 0 Å². The fourth-order valence-electron chi connectivity index (χ4n) is 3.97. The molecule has 0 unspecified atom stereocenters. The minimum atomic E-state index is 0.343. The van der Waals surface area contributed by atoms with Crippen LogP contribution in [0, 0.1) is 5.92 Å². The Morgan fingerprint density at radius 1 is 0.966 bits per heavy atom. The van der Waals surface area contributed by atoms with Gasteiger partial charge >= 0.3 is 0 Å². The molecule has 3 aromatic rings. The Hall–Kier alpha value is -2.74. The maximum Gasteiger partial charge on any atom is 0.222 e. The topological polar surface area (TPSA) is 106 Å². The molecule has 2 aliphatic rings. The fraction of sp³-hybridized carbons (Fsp3) is 0.524. The van der Waals surface area contributed by atoms with Crippen LogP contribution >= 0.6 is 0 Å². The number of hydrogen-bond donors (Lipinski definition) is 3. The van der Waals surface area contributed by atoms with Gasteiger partial charge in [0.25, 0.3) is 0 Å². The van der Waals surface area contributed by atoms with Crippen LogP contribution in [0.3, 0.4) is 0 Å². The quantitative estimate of drug-likeness (QED) is 0.567. The normalized spacial score (nSPS) is 22.0. The molecule has 5 rings (SSSR count). The fourth-order valence-corrected chi connectivity index (χ4v) is 3.97. The molecular weight excluding hydrogens is 364 g/mol. The zero-order valence-corrected chi connectivity index (χ0v) is 16.6. The number of nitrogens with two attached hydrogens (primary N) is 1. The van der Waals surface area contributed by atoms with Gasteiger partial charge in [0.2, 0.25) is 5.95 Å². The number of nitrogens with zero attached hydrogens (tertiary/aromatic N) is 5. The molecule has 3 heterocycles. The van der Waals surface area contributed by atoms with Crippen LogP contribution in [0.2, 0.25) is 0 Å². The number of aromatic nitrogens is 5. The van der Waals surface area contributed by atoms with Gasteiger partial charge in [-0.05, 0) is 50.2 Å². The molecule has 29 heavy (non-hydrogen) atoms. The van der Waals surface area contributed by atoms with Crippen molar-refractivity contribution in [1.29, 1.82) is 0 Å². The Morgan fingerprint density at radius 3 is 2.52 bits per heavy atom. The molecule has 4 N–H and O–H groups in total. The van der Waals surface area contributed by atoms with Gasteiger partial charge < -0.3 is 16.4 Å². The van der Waals surface area contributed by atoms with Crippen LogP contribution in [-0.4, -0.2) is 43.2 Å². The molecule has 3 aromatic heterocycles. The SMILES string of the molecule is NC1CCC(Nc2ccc3ncc(-c4cnc(NCCC5CC5)nc4)n3n2)CC1. The highest BCUT2D eigenvalue weighted by atomic mass is 15.3. The molecule has 0 atom stereocenters. The lowest BCUT2D eigenvalue weighted by Crippen LogP contribution is -2.33. The molecule has 2 saturated carbocycles. The van der Waals surface area contributed by atoms with Crippen LogP contribution in [-0.2, 0) is 0 Å². The Kier molecular flexibility index (Phi) is 5.01. The van der Waals surface area contributed by atoms with Gasteiger partial charge in [-0.1, -0.05) is 12.8 Å². The van der Waals surface area contributed by atoms with E-state index in [4.69, 9.17) is 10.8 Å². The van der Waals surface area contributed by atoms with Crippen LogP contribution < -0.4 is 16.4 Å². The van der Waals surface area contributed by atoms with Crippen molar-refractivity contribution < 1.29 is 0 Å². The van der Waals surface area contributed by atoms with E-state index >= 15 is 0 Å². The third-order valence-corrected chi connectivity index (χ3v) is 5.97. The lowest BCUT2D eigenvalue weighted by molar-refractivity contribution is 0.410. The first-order chi connectivity index (χ1) is 14.2. The zero-order chi connectivity index (χ0) is 19.6. The average molecular weight is 393 g/mol. The largest absolute Gasteiger partial charge is 0.366 e. The Morgan fingerprint density at radius 2 is 1.76 bits per heavy atom. The number of anilines is 2. The van der Waals surface area contributed by atoms with Gasteiger partial charge in [-0.2, -0.15) is 0 Å². The Bertz CT molecular complexity index is 954. The molecule has 0 bridgehead atoms. The maximum absolute atomic E-state index is 6.02. The second-order valence-corrected chi connectivity index (χ2v) is 8.34. The van der Waals surface area contributed by atoms with E-state index in [0.29, 0.717) is 18.0 Å². The lowest BCUT2D eigenvalue weighted by Gasteiger charge is -2.27. The van der Waals surface area contributed by atoms with Gasteiger partial charge in [0.05, 0.1) is 11.9 Å². The zero-order valence-electron chi connectivity index (χ0n) is 16.6. The van der Waals surface area contributed by atoms with Crippen molar-refractivity contribution >= 4 is 17.4 Å². The van der Waals surface area contributed by atoms with Crippen LogP contribution in [0.1, 0.15) is 44.9 Å².